The van der Waals surface area contributed by atoms with Crippen LogP contribution in [0.25, 0.3) is 0 Å². The van der Waals surface area contributed by atoms with Crippen molar-refractivity contribution >= 4 is 23.2 Å². The van der Waals surface area contributed by atoms with Crippen molar-refractivity contribution in [2.75, 3.05) is 5.32 Å². The molecule has 0 aromatic heterocycles. The van der Waals surface area contributed by atoms with Gasteiger partial charge in [-0.2, -0.15) is 0 Å². The maximum absolute atomic E-state index is 13.6. The molecule has 0 spiro atoms. The zero-order chi connectivity index (χ0) is 13.1. The van der Waals surface area contributed by atoms with Crippen molar-refractivity contribution in [3.63, 3.8) is 0 Å². The highest BCUT2D eigenvalue weighted by Crippen LogP contribution is 2.21. The lowest BCUT2D eigenvalue weighted by Gasteiger charge is -2.09. The molecule has 0 fully saturated rings. The van der Waals surface area contributed by atoms with Crippen molar-refractivity contribution in [1.82, 2.24) is 0 Å². The summed E-state index contributed by atoms with van der Waals surface area (Å²) in [6, 6.07) is 11.4. The Balaban J connectivity index is 2.31. The third-order valence-corrected chi connectivity index (χ3v) is 2.90. The fourth-order valence-electron chi connectivity index (χ4n) is 1.61. The Bertz CT molecular complexity index is 578. The summed E-state index contributed by atoms with van der Waals surface area (Å²) >= 11 is 5.83. The highest BCUT2D eigenvalue weighted by atomic mass is 35.5. The molecule has 1 amide bonds. The van der Waals surface area contributed by atoms with Gasteiger partial charge in [-0.05, 0) is 30.7 Å². The van der Waals surface area contributed by atoms with Crippen LogP contribution in [0.1, 0.15) is 15.9 Å². The van der Waals surface area contributed by atoms with E-state index in [1.807, 2.05) is 19.1 Å². The number of anilines is 1. The number of nitrogens with one attached hydrogen (secondary N) is 1. The number of carbonyl (C=O) groups excluding carboxylic acids is 1. The fraction of sp³-hybridized carbons (Fsp3) is 0.0714. The van der Waals surface area contributed by atoms with Crippen molar-refractivity contribution < 1.29 is 9.18 Å². The highest BCUT2D eigenvalue weighted by molar-refractivity contribution is 6.34. The van der Waals surface area contributed by atoms with Gasteiger partial charge in [-0.15, -0.1) is 0 Å². The van der Waals surface area contributed by atoms with Crippen molar-refractivity contribution in [2.24, 2.45) is 0 Å². The van der Waals surface area contributed by atoms with Crippen molar-refractivity contribution in [1.29, 1.82) is 0 Å². The second-order valence-electron chi connectivity index (χ2n) is 3.87. The first-order valence-corrected chi connectivity index (χ1v) is 5.78. The molecule has 1 N–H and O–H groups in total. The summed E-state index contributed by atoms with van der Waals surface area (Å²) in [5, 5.41) is 2.74. The smallest absolute Gasteiger partial charge is 0.260 e. The number of benzene rings is 2. The lowest BCUT2D eigenvalue weighted by atomic mass is 10.1. The first-order valence-electron chi connectivity index (χ1n) is 5.40. The van der Waals surface area contributed by atoms with Crippen LogP contribution in [0.15, 0.2) is 42.5 Å². The minimum absolute atomic E-state index is 0.0982. The summed E-state index contributed by atoms with van der Waals surface area (Å²) in [5.41, 5.74) is 1.41. The topological polar surface area (TPSA) is 29.1 Å². The van der Waals surface area contributed by atoms with Gasteiger partial charge in [-0.3, -0.25) is 4.79 Å². The molecule has 0 aliphatic carbocycles. The Morgan fingerprint density at radius 2 is 1.89 bits per heavy atom. The molecule has 18 heavy (non-hydrogen) atoms. The Hall–Kier alpha value is -1.87. The molecule has 0 heterocycles. The van der Waals surface area contributed by atoms with Gasteiger partial charge in [-0.1, -0.05) is 35.9 Å². The molecule has 0 saturated heterocycles. The van der Waals surface area contributed by atoms with Gasteiger partial charge in [0.2, 0.25) is 0 Å². The summed E-state index contributed by atoms with van der Waals surface area (Å²) < 4.78 is 13.6. The summed E-state index contributed by atoms with van der Waals surface area (Å²) in [6.45, 7) is 1.86. The van der Waals surface area contributed by atoms with E-state index in [1.54, 1.807) is 12.1 Å². The Kier molecular flexibility index (Phi) is 3.63. The van der Waals surface area contributed by atoms with Crippen LogP contribution >= 0.6 is 11.6 Å². The second kappa shape index (κ2) is 5.19. The molecule has 2 rings (SSSR count). The molecule has 4 heteroatoms. The van der Waals surface area contributed by atoms with Crippen LogP contribution in [-0.2, 0) is 0 Å². The van der Waals surface area contributed by atoms with Gasteiger partial charge in [0.25, 0.3) is 5.91 Å². The van der Waals surface area contributed by atoms with Crippen LogP contribution in [0.5, 0.6) is 0 Å². The van der Waals surface area contributed by atoms with Crippen molar-refractivity contribution in [2.45, 2.75) is 6.92 Å². The number of para-hydroxylation sites is 1. The minimum Gasteiger partial charge on any atom is -0.322 e. The van der Waals surface area contributed by atoms with Crippen LogP contribution in [0, 0.1) is 12.7 Å². The average molecular weight is 264 g/mol. The van der Waals surface area contributed by atoms with Crippen LogP contribution in [0.2, 0.25) is 5.02 Å². The minimum atomic E-state index is -0.631. The molecule has 0 saturated carbocycles. The molecule has 2 nitrogen and oxygen atoms in total. The van der Waals surface area contributed by atoms with Crippen molar-refractivity contribution in [3.8, 4) is 0 Å². The van der Waals surface area contributed by atoms with E-state index in [0.29, 0.717) is 5.69 Å². The molecule has 0 bridgehead atoms. The van der Waals surface area contributed by atoms with E-state index < -0.39 is 11.7 Å². The van der Waals surface area contributed by atoms with Gasteiger partial charge in [0.1, 0.15) is 5.82 Å². The summed E-state index contributed by atoms with van der Waals surface area (Å²) in [5.74, 6) is -1.18. The van der Waals surface area contributed by atoms with Crippen LogP contribution < -0.4 is 5.32 Å². The highest BCUT2D eigenvalue weighted by Gasteiger charge is 2.16. The third-order valence-electron chi connectivity index (χ3n) is 2.58. The number of rotatable bonds is 2. The second-order valence-corrected chi connectivity index (χ2v) is 4.27. The normalized spacial score (nSPS) is 10.2. The number of carbonyl (C=O) groups is 1. The fourth-order valence-corrected chi connectivity index (χ4v) is 1.86. The third kappa shape index (κ3) is 2.51. The average Bonchev–Trinajstić information content (AvgIpc) is 2.32. The van der Waals surface area contributed by atoms with Gasteiger partial charge in [0.05, 0.1) is 10.6 Å². The quantitative estimate of drug-likeness (QED) is 0.870. The van der Waals surface area contributed by atoms with E-state index in [2.05, 4.69) is 5.32 Å². The molecule has 0 atom stereocenters. The van der Waals surface area contributed by atoms with Crippen LogP contribution in [-0.4, -0.2) is 5.91 Å². The van der Waals surface area contributed by atoms with Crippen molar-refractivity contribution in [3.05, 3.63) is 64.4 Å². The van der Waals surface area contributed by atoms with E-state index in [9.17, 15) is 9.18 Å². The van der Waals surface area contributed by atoms with Crippen LogP contribution in [0.3, 0.4) is 0 Å². The SMILES string of the molecule is Cc1ccccc1NC(=O)c1c(F)cccc1Cl. The maximum atomic E-state index is 13.6. The zero-order valence-electron chi connectivity index (χ0n) is 9.71. The molecule has 2 aromatic carbocycles. The number of aryl methyl sites for hydroxylation is 1. The van der Waals surface area contributed by atoms with E-state index >= 15 is 0 Å². The van der Waals surface area contributed by atoms with E-state index in [4.69, 9.17) is 11.6 Å². The Morgan fingerprint density at radius 3 is 2.56 bits per heavy atom. The van der Waals surface area contributed by atoms with Gasteiger partial charge < -0.3 is 5.32 Å². The van der Waals surface area contributed by atoms with Gasteiger partial charge in [0, 0.05) is 5.69 Å². The van der Waals surface area contributed by atoms with E-state index in [-0.39, 0.29) is 10.6 Å². The van der Waals surface area contributed by atoms with Crippen LogP contribution in [0.4, 0.5) is 10.1 Å². The lowest BCUT2D eigenvalue weighted by molar-refractivity contribution is 0.102. The first-order chi connectivity index (χ1) is 8.59. The molecule has 2 aromatic rings. The predicted octanol–water partition coefficient (Wildman–Crippen LogP) is 4.04. The standard InChI is InChI=1S/C14H11ClFNO/c1-9-5-2-3-8-12(9)17-14(18)13-10(15)6-4-7-11(13)16/h2-8H,1H3,(H,17,18). The summed E-state index contributed by atoms with van der Waals surface area (Å²) in [6.07, 6.45) is 0. The molecular weight excluding hydrogens is 253 g/mol. The monoisotopic (exact) mass is 263 g/mol. The number of amides is 1. The van der Waals surface area contributed by atoms with Gasteiger partial charge >= 0.3 is 0 Å². The molecule has 0 radical (unpaired) electrons. The summed E-state index contributed by atoms with van der Waals surface area (Å²) in [4.78, 5) is 12.0. The van der Waals surface area contributed by atoms with Gasteiger partial charge in [-0.25, -0.2) is 4.39 Å². The van der Waals surface area contributed by atoms with E-state index in [0.717, 1.165) is 5.56 Å². The Labute approximate surface area is 109 Å². The molecule has 0 aliphatic heterocycles. The number of hydrogen-bond donors (Lipinski definition) is 1. The molecule has 92 valence electrons. The zero-order valence-corrected chi connectivity index (χ0v) is 10.5. The molecule has 0 unspecified atom stereocenters. The molecular formula is C14H11ClFNO. The van der Waals surface area contributed by atoms with Gasteiger partial charge in [0.15, 0.2) is 0 Å². The first kappa shape index (κ1) is 12.6. The summed E-state index contributed by atoms with van der Waals surface area (Å²) in [7, 11) is 0. The van der Waals surface area contributed by atoms with E-state index in [1.165, 1.54) is 18.2 Å². The largest absolute Gasteiger partial charge is 0.322 e. The predicted molar refractivity (Wildman–Crippen MR) is 70.5 cm³/mol. The number of halogens is 2. The lowest BCUT2D eigenvalue weighted by Crippen LogP contribution is -2.15. The maximum Gasteiger partial charge on any atom is 0.260 e. The molecule has 0 aliphatic rings. The Morgan fingerprint density at radius 1 is 1.17 bits per heavy atom. The number of hydrogen-bond acceptors (Lipinski definition) is 1.